The first-order chi connectivity index (χ1) is 31.2. The monoisotopic (exact) mass is 824 g/mol. The van der Waals surface area contributed by atoms with Crippen molar-refractivity contribution in [3.63, 3.8) is 0 Å². The minimum Gasteiger partial charge on any atom is -0.354 e. The Hall–Kier alpha value is -8.12. The number of thiophene rings is 1. The molecule has 2 N–H and O–H groups in total. The van der Waals surface area contributed by atoms with E-state index in [9.17, 15) is 0 Å². The second-order valence-corrected chi connectivity index (χ2v) is 16.7. The largest absolute Gasteiger partial charge is 0.354 e. The van der Waals surface area contributed by atoms with E-state index in [2.05, 4.69) is 205 Å². The normalized spacial score (nSPS) is 11.2. The number of nitrogens with zero attached hydrogens (tertiary/aromatic N) is 2. The maximum atomic E-state index is 4.78. The van der Waals surface area contributed by atoms with Crippen LogP contribution in [0, 0.1) is 0 Å². The van der Waals surface area contributed by atoms with E-state index in [1.807, 2.05) is 36.7 Å². The second kappa shape index (κ2) is 16.7. The van der Waals surface area contributed by atoms with Crippen LogP contribution in [0.1, 0.15) is 0 Å². The Morgan fingerprint density at radius 1 is 0.302 bits per heavy atom. The number of benzene rings is 8. The van der Waals surface area contributed by atoms with Crippen LogP contribution < -0.4 is 10.6 Å². The maximum absolute atomic E-state index is 4.78. The van der Waals surface area contributed by atoms with E-state index in [0.717, 1.165) is 87.7 Å². The lowest BCUT2D eigenvalue weighted by atomic mass is 9.98. The lowest BCUT2D eigenvalue weighted by Gasteiger charge is -2.15. The number of anilines is 4. The van der Waals surface area contributed by atoms with Crippen LogP contribution in [0.15, 0.2) is 231 Å². The summed E-state index contributed by atoms with van der Waals surface area (Å²) in [5.74, 6) is 0. The highest BCUT2D eigenvalue weighted by atomic mass is 32.1. The molecular formula is C58H40N4S. The summed E-state index contributed by atoms with van der Waals surface area (Å²) in [6.07, 6.45) is 3.84. The van der Waals surface area contributed by atoms with Gasteiger partial charge in [0.1, 0.15) is 0 Å². The molecule has 0 aliphatic heterocycles. The molecule has 0 saturated carbocycles. The predicted molar refractivity (Wildman–Crippen MR) is 267 cm³/mol. The molecule has 3 aromatic heterocycles. The fourth-order valence-corrected chi connectivity index (χ4v) is 9.36. The Bertz CT molecular complexity index is 3150. The van der Waals surface area contributed by atoms with Crippen molar-refractivity contribution in [2.75, 3.05) is 10.6 Å². The van der Waals surface area contributed by atoms with Crippen molar-refractivity contribution in [1.29, 1.82) is 0 Å². The predicted octanol–water partition coefficient (Wildman–Crippen LogP) is 16.3. The molecule has 0 radical (unpaired) electrons. The van der Waals surface area contributed by atoms with Gasteiger partial charge in [-0.2, -0.15) is 0 Å². The van der Waals surface area contributed by atoms with Gasteiger partial charge in [0.15, 0.2) is 0 Å². The Balaban J connectivity index is 0.972. The standard InChI is InChI=1S/C58H40N4S/c1-3-11-39(12-4-1)41-19-23-43(24-20-41)45-27-29-51(55(35-45)61-49-33-47-15-7-9-17-53(47)59-37-49)57-31-32-58(63-57)52-30-28-46(44-25-21-42(22-26-44)40-13-5-2-6-14-40)36-56(52)62-50-34-48-16-8-10-18-54(48)60-38-50/h1-38,61-62H. The minimum atomic E-state index is 0.936. The van der Waals surface area contributed by atoms with Crippen LogP contribution in [0.25, 0.3) is 87.2 Å². The fraction of sp³-hybridized carbons (Fsp3) is 0. The first kappa shape index (κ1) is 37.8. The van der Waals surface area contributed by atoms with E-state index < -0.39 is 0 Å². The van der Waals surface area contributed by atoms with Crippen LogP contribution in [0.2, 0.25) is 0 Å². The highest BCUT2D eigenvalue weighted by Gasteiger charge is 2.16. The smallest absolute Gasteiger partial charge is 0.0703 e. The van der Waals surface area contributed by atoms with Crippen molar-refractivity contribution in [3.05, 3.63) is 231 Å². The van der Waals surface area contributed by atoms with Gasteiger partial charge < -0.3 is 10.6 Å². The summed E-state index contributed by atoms with van der Waals surface area (Å²) in [6.45, 7) is 0. The van der Waals surface area contributed by atoms with Crippen molar-refractivity contribution in [3.8, 4) is 65.4 Å². The van der Waals surface area contributed by atoms with Crippen LogP contribution in [0.4, 0.5) is 22.7 Å². The van der Waals surface area contributed by atoms with E-state index in [0.29, 0.717) is 0 Å². The molecule has 0 aliphatic carbocycles. The van der Waals surface area contributed by atoms with Gasteiger partial charge in [-0.3, -0.25) is 9.97 Å². The summed E-state index contributed by atoms with van der Waals surface area (Å²) in [5, 5.41) is 9.75. The molecule has 0 saturated heterocycles. The van der Waals surface area contributed by atoms with E-state index in [-0.39, 0.29) is 0 Å². The number of nitrogens with one attached hydrogen (secondary N) is 2. The molecular weight excluding hydrogens is 785 g/mol. The summed E-state index contributed by atoms with van der Waals surface area (Å²) < 4.78 is 0. The summed E-state index contributed by atoms with van der Waals surface area (Å²) >= 11 is 1.78. The van der Waals surface area contributed by atoms with Crippen molar-refractivity contribution in [1.82, 2.24) is 9.97 Å². The quantitative estimate of drug-likeness (QED) is 0.144. The molecule has 63 heavy (non-hydrogen) atoms. The number of hydrogen-bond acceptors (Lipinski definition) is 5. The summed E-state index contributed by atoms with van der Waals surface area (Å²) in [7, 11) is 0. The lowest BCUT2D eigenvalue weighted by Crippen LogP contribution is -1.95. The Labute approximate surface area is 370 Å². The molecule has 5 heteroatoms. The minimum absolute atomic E-state index is 0.936. The van der Waals surface area contributed by atoms with Crippen molar-refractivity contribution < 1.29 is 0 Å². The van der Waals surface area contributed by atoms with Crippen LogP contribution in [-0.4, -0.2) is 9.97 Å². The Morgan fingerprint density at radius 3 is 1.08 bits per heavy atom. The van der Waals surface area contributed by atoms with Gasteiger partial charge in [-0.15, -0.1) is 11.3 Å². The third kappa shape index (κ3) is 7.97. The van der Waals surface area contributed by atoms with Crippen LogP contribution in [0.3, 0.4) is 0 Å². The van der Waals surface area contributed by atoms with Crippen LogP contribution in [0.5, 0.6) is 0 Å². The Morgan fingerprint density at radius 2 is 0.651 bits per heavy atom. The third-order valence-electron chi connectivity index (χ3n) is 11.6. The van der Waals surface area contributed by atoms with Gasteiger partial charge in [-0.1, -0.05) is 170 Å². The van der Waals surface area contributed by atoms with E-state index >= 15 is 0 Å². The average molecular weight is 825 g/mol. The molecule has 3 heterocycles. The van der Waals surface area contributed by atoms with Gasteiger partial charge in [-0.05, 0) is 93.0 Å². The zero-order valence-corrected chi connectivity index (χ0v) is 35.1. The van der Waals surface area contributed by atoms with Crippen LogP contribution in [-0.2, 0) is 0 Å². The number of aromatic nitrogens is 2. The third-order valence-corrected chi connectivity index (χ3v) is 12.7. The SMILES string of the molecule is c1ccc(-c2ccc(-c3ccc(-c4ccc(-c5ccc(-c6ccc(-c7ccccc7)cc6)cc5Nc5cnc6ccccc6c5)s4)c(Nc4cnc5ccccc5c4)c3)cc2)cc1. The maximum Gasteiger partial charge on any atom is 0.0703 e. The molecule has 0 aliphatic rings. The average Bonchev–Trinajstić information content (AvgIpc) is 3.84. The van der Waals surface area contributed by atoms with Gasteiger partial charge in [-0.25, -0.2) is 0 Å². The van der Waals surface area contributed by atoms with Crippen molar-refractivity contribution in [2.24, 2.45) is 0 Å². The zero-order valence-electron chi connectivity index (χ0n) is 34.2. The molecule has 0 amide bonds. The molecule has 4 nitrogen and oxygen atoms in total. The second-order valence-electron chi connectivity index (χ2n) is 15.7. The summed E-state index contributed by atoms with van der Waals surface area (Å²) in [5.41, 5.74) is 17.5. The lowest BCUT2D eigenvalue weighted by molar-refractivity contribution is 1.39. The zero-order chi connectivity index (χ0) is 42.0. The van der Waals surface area contributed by atoms with Gasteiger partial charge in [0, 0.05) is 43.0 Å². The first-order valence-electron chi connectivity index (χ1n) is 21.1. The molecule has 298 valence electrons. The number of pyridine rings is 2. The van der Waals surface area contributed by atoms with Gasteiger partial charge >= 0.3 is 0 Å². The van der Waals surface area contributed by atoms with Gasteiger partial charge in [0.25, 0.3) is 0 Å². The summed E-state index contributed by atoms with van der Waals surface area (Å²) in [4.78, 5) is 11.9. The van der Waals surface area contributed by atoms with Gasteiger partial charge in [0.2, 0.25) is 0 Å². The number of fused-ring (bicyclic) bond motifs is 2. The van der Waals surface area contributed by atoms with E-state index in [4.69, 9.17) is 9.97 Å². The van der Waals surface area contributed by atoms with E-state index in [1.165, 1.54) is 22.3 Å². The molecule has 0 fully saturated rings. The highest BCUT2D eigenvalue weighted by Crippen LogP contribution is 2.44. The number of para-hydroxylation sites is 2. The van der Waals surface area contributed by atoms with Gasteiger partial charge in [0.05, 0.1) is 34.8 Å². The topological polar surface area (TPSA) is 49.8 Å². The highest BCUT2D eigenvalue weighted by molar-refractivity contribution is 7.19. The molecule has 11 rings (SSSR count). The molecule has 0 atom stereocenters. The fourth-order valence-electron chi connectivity index (χ4n) is 8.27. The molecule has 11 aromatic rings. The molecule has 0 bridgehead atoms. The molecule has 0 spiro atoms. The van der Waals surface area contributed by atoms with Crippen molar-refractivity contribution >= 4 is 55.9 Å². The Kier molecular flexibility index (Phi) is 10.1. The van der Waals surface area contributed by atoms with Crippen molar-refractivity contribution in [2.45, 2.75) is 0 Å². The number of hydrogen-bond donors (Lipinski definition) is 2. The summed E-state index contributed by atoms with van der Waals surface area (Å²) in [6, 6.07) is 77.5. The van der Waals surface area contributed by atoms with E-state index in [1.54, 1.807) is 11.3 Å². The molecule has 8 aromatic carbocycles. The molecule has 0 unspecified atom stereocenters. The first-order valence-corrected chi connectivity index (χ1v) is 21.9. The van der Waals surface area contributed by atoms with Crippen LogP contribution >= 0.6 is 11.3 Å². The number of rotatable bonds is 10.